The highest BCUT2D eigenvalue weighted by Gasteiger charge is 2.20. The summed E-state index contributed by atoms with van der Waals surface area (Å²) < 4.78 is 1.85. The number of nitrogens with one attached hydrogen (secondary N) is 1. The molecule has 0 unspecified atom stereocenters. The molecule has 15 heavy (non-hydrogen) atoms. The number of nitrogens with zero attached hydrogens (tertiary/aromatic N) is 3. The Balaban J connectivity index is 1.70. The van der Waals surface area contributed by atoms with Gasteiger partial charge in [0.2, 0.25) is 0 Å². The molecule has 5 nitrogen and oxygen atoms in total. The molecular weight excluding hydrogens is 192 g/mol. The van der Waals surface area contributed by atoms with Crippen molar-refractivity contribution in [2.45, 2.75) is 44.8 Å². The van der Waals surface area contributed by atoms with Crippen LogP contribution in [0.15, 0.2) is 6.20 Å². The van der Waals surface area contributed by atoms with Gasteiger partial charge in [0.05, 0.1) is 5.69 Å². The topological polar surface area (TPSA) is 63.0 Å². The van der Waals surface area contributed by atoms with Crippen LogP contribution in [0.4, 0.5) is 0 Å². The molecular formula is C10H18N4O. The van der Waals surface area contributed by atoms with E-state index in [4.69, 9.17) is 5.11 Å². The Morgan fingerprint density at radius 3 is 3.07 bits per heavy atom. The van der Waals surface area contributed by atoms with Gasteiger partial charge in [-0.15, -0.1) is 5.10 Å². The van der Waals surface area contributed by atoms with E-state index in [1.165, 1.54) is 12.8 Å². The number of hydrogen-bond acceptors (Lipinski definition) is 4. The van der Waals surface area contributed by atoms with Crippen molar-refractivity contribution in [2.24, 2.45) is 0 Å². The lowest BCUT2D eigenvalue weighted by atomic mass is 10.3. The van der Waals surface area contributed by atoms with Gasteiger partial charge in [-0.3, -0.25) is 4.68 Å². The van der Waals surface area contributed by atoms with E-state index >= 15 is 0 Å². The minimum absolute atomic E-state index is 0.255. The largest absolute Gasteiger partial charge is 0.396 e. The smallest absolute Gasteiger partial charge is 0.0964 e. The number of aryl methyl sites for hydroxylation is 1. The lowest BCUT2D eigenvalue weighted by Gasteiger charge is -1.98. The lowest BCUT2D eigenvalue weighted by molar-refractivity contribution is 0.280. The maximum absolute atomic E-state index is 8.65. The maximum atomic E-state index is 8.65. The molecule has 1 saturated carbocycles. The minimum Gasteiger partial charge on any atom is -0.396 e. The predicted octanol–water partition coefficient (Wildman–Crippen LogP) is 0.303. The van der Waals surface area contributed by atoms with Crippen molar-refractivity contribution in [3.05, 3.63) is 11.9 Å². The zero-order chi connectivity index (χ0) is 10.5. The number of aliphatic hydroxyl groups excluding tert-OH is 1. The van der Waals surface area contributed by atoms with Crippen LogP contribution in [0.3, 0.4) is 0 Å². The Hall–Kier alpha value is -0.940. The molecule has 0 aliphatic heterocycles. The first-order valence-corrected chi connectivity index (χ1v) is 5.62. The van der Waals surface area contributed by atoms with E-state index in [0.717, 1.165) is 31.6 Å². The number of aromatic nitrogens is 3. The summed E-state index contributed by atoms with van der Waals surface area (Å²) >= 11 is 0. The molecule has 0 atom stereocenters. The van der Waals surface area contributed by atoms with Crippen molar-refractivity contribution >= 4 is 0 Å². The quantitative estimate of drug-likeness (QED) is 0.635. The van der Waals surface area contributed by atoms with Gasteiger partial charge in [0, 0.05) is 31.9 Å². The van der Waals surface area contributed by atoms with Crippen LogP contribution in [-0.2, 0) is 13.1 Å². The van der Waals surface area contributed by atoms with E-state index in [9.17, 15) is 0 Å². The molecule has 0 spiro atoms. The fourth-order valence-corrected chi connectivity index (χ4v) is 1.45. The molecule has 0 saturated heterocycles. The number of hydrogen-bond donors (Lipinski definition) is 2. The van der Waals surface area contributed by atoms with Crippen LogP contribution >= 0.6 is 0 Å². The van der Waals surface area contributed by atoms with Crippen LogP contribution in [0.2, 0.25) is 0 Å². The second-order valence-corrected chi connectivity index (χ2v) is 4.06. The average Bonchev–Trinajstić information content (AvgIpc) is 2.97. The Kier molecular flexibility index (Phi) is 3.69. The Bertz CT molecular complexity index is 295. The van der Waals surface area contributed by atoms with Crippen LogP contribution < -0.4 is 5.32 Å². The first kappa shape index (κ1) is 10.6. The van der Waals surface area contributed by atoms with E-state index in [1.807, 2.05) is 10.9 Å². The summed E-state index contributed by atoms with van der Waals surface area (Å²) in [5.41, 5.74) is 1.01. The fraction of sp³-hybridized carbons (Fsp3) is 0.800. The Labute approximate surface area is 89.5 Å². The molecule has 0 bridgehead atoms. The summed E-state index contributed by atoms with van der Waals surface area (Å²) in [5.74, 6) is 0. The third-order valence-electron chi connectivity index (χ3n) is 2.53. The second kappa shape index (κ2) is 5.23. The van der Waals surface area contributed by atoms with Gasteiger partial charge in [0.25, 0.3) is 0 Å². The van der Waals surface area contributed by atoms with Gasteiger partial charge >= 0.3 is 0 Å². The summed E-state index contributed by atoms with van der Waals surface area (Å²) in [6.45, 7) is 1.92. The number of unbranched alkanes of at least 4 members (excludes halogenated alkanes) is 1. The highest BCUT2D eigenvalue weighted by atomic mass is 16.2. The molecule has 2 N–H and O–H groups in total. The molecule has 5 heteroatoms. The van der Waals surface area contributed by atoms with Crippen molar-refractivity contribution in [2.75, 3.05) is 6.61 Å². The monoisotopic (exact) mass is 210 g/mol. The Morgan fingerprint density at radius 2 is 2.33 bits per heavy atom. The summed E-state index contributed by atoms with van der Waals surface area (Å²) in [6.07, 6.45) is 6.35. The van der Waals surface area contributed by atoms with Crippen molar-refractivity contribution in [3.63, 3.8) is 0 Å². The second-order valence-electron chi connectivity index (χ2n) is 4.06. The van der Waals surface area contributed by atoms with Crippen molar-refractivity contribution in [1.29, 1.82) is 0 Å². The van der Waals surface area contributed by atoms with Crippen molar-refractivity contribution in [3.8, 4) is 0 Å². The van der Waals surface area contributed by atoms with Crippen LogP contribution in [0.1, 0.15) is 31.4 Å². The predicted molar refractivity (Wildman–Crippen MR) is 56.2 cm³/mol. The highest BCUT2D eigenvalue weighted by molar-refractivity contribution is 4.94. The first-order valence-electron chi connectivity index (χ1n) is 5.62. The van der Waals surface area contributed by atoms with Gasteiger partial charge < -0.3 is 10.4 Å². The lowest BCUT2D eigenvalue weighted by Crippen LogP contribution is -2.15. The normalized spacial score (nSPS) is 15.8. The standard InChI is InChI=1S/C10H18N4O/c15-6-2-1-5-14-8-10(12-13-14)7-11-9-3-4-9/h8-9,11,15H,1-7H2. The maximum Gasteiger partial charge on any atom is 0.0964 e. The van der Waals surface area contributed by atoms with Gasteiger partial charge in [0.1, 0.15) is 0 Å². The molecule has 1 aliphatic rings. The summed E-state index contributed by atoms with van der Waals surface area (Å²) in [6, 6.07) is 0.713. The van der Waals surface area contributed by atoms with Gasteiger partial charge in [-0.25, -0.2) is 0 Å². The molecule has 1 aliphatic carbocycles. The average molecular weight is 210 g/mol. The molecule has 1 fully saturated rings. The molecule has 84 valence electrons. The van der Waals surface area contributed by atoms with Crippen molar-refractivity contribution in [1.82, 2.24) is 20.3 Å². The summed E-state index contributed by atoms with van der Waals surface area (Å²) in [7, 11) is 0. The number of rotatable bonds is 7. The van der Waals surface area contributed by atoms with Gasteiger partial charge in [-0.05, 0) is 25.7 Å². The van der Waals surface area contributed by atoms with Crippen LogP contribution in [0, 0.1) is 0 Å². The molecule has 2 rings (SSSR count). The third-order valence-corrected chi connectivity index (χ3v) is 2.53. The minimum atomic E-state index is 0.255. The van der Waals surface area contributed by atoms with Crippen LogP contribution in [-0.4, -0.2) is 32.7 Å². The van der Waals surface area contributed by atoms with E-state index in [1.54, 1.807) is 0 Å². The van der Waals surface area contributed by atoms with Gasteiger partial charge in [-0.2, -0.15) is 0 Å². The van der Waals surface area contributed by atoms with Gasteiger partial charge in [-0.1, -0.05) is 5.21 Å². The fourth-order valence-electron chi connectivity index (χ4n) is 1.45. The molecule has 0 aromatic carbocycles. The van der Waals surface area contributed by atoms with Crippen molar-refractivity contribution < 1.29 is 5.11 Å². The van der Waals surface area contributed by atoms with Crippen LogP contribution in [0.25, 0.3) is 0 Å². The molecule has 1 aromatic rings. The summed E-state index contributed by atoms with van der Waals surface area (Å²) in [4.78, 5) is 0. The number of aliphatic hydroxyl groups is 1. The molecule has 0 radical (unpaired) electrons. The SMILES string of the molecule is OCCCCn1cc(CNC2CC2)nn1. The molecule has 0 amide bonds. The van der Waals surface area contributed by atoms with E-state index < -0.39 is 0 Å². The third kappa shape index (κ3) is 3.60. The highest BCUT2D eigenvalue weighted by Crippen LogP contribution is 2.18. The zero-order valence-electron chi connectivity index (χ0n) is 8.89. The Morgan fingerprint density at radius 1 is 1.47 bits per heavy atom. The first-order chi connectivity index (χ1) is 7.38. The van der Waals surface area contributed by atoms with E-state index in [-0.39, 0.29) is 6.61 Å². The molecule has 1 heterocycles. The van der Waals surface area contributed by atoms with E-state index in [0.29, 0.717) is 6.04 Å². The summed E-state index contributed by atoms with van der Waals surface area (Å²) in [5, 5.41) is 20.2. The molecule has 1 aromatic heterocycles. The zero-order valence-corrected chi connectivity index (χ0v) is 8.89. The van der Waals surface area contributed by atoms with Gasteiger partial charge in [0.15, 0.2) is 0 Å². The van der Waals surface area contributed by atoms with Crippen LogP contribution in [0.5, 0.6) is 0 Å². The van der Waals surface area contributed by atoms with E-state index in [2.05, 4.69) is 15.6 Å².